The second kappa shape index (κ2) is 8.63. The monoisotopic (exact) mass is 364 g/mol. The van der Waals surface area contributed by atoms with Crippen LogP contribution in [0.2, 0.25) is 5.02 Å². The van der Waals surface area contributed by atoms with Crippen LogP contribution in [-0.2, 0) is 6.42 Å². The molecular weight excluding hydrogens is 344 g/mol. The zero-order chi connectivity index (χ0) is 18.4. The molecule has 0 spiro atoms. The van der Waals surface area contributed by atoms with Gasteiger partial charge in [0.05, 0.1) is 22.8 Å². The molecule has 1 unspecified atom stereocenters. The third-order valence-electron chi connectivity index (χ3n) is 4.41. The minimum atomic E-state index is -0.187. The lowest BCUT2D eigenvalue weighted by molar-refractivity contribution is 0.467. The van der Waals surface area contributed by atoms with Crippen molar-refractivity contribution in [3.63, 3.8) is 0 Å². The van der Waals surface area contributed by atoms with Crippen LogP contribution >= 0.6 is 11.6 Å². The molecule has 1 heterocycles. The fraction of sp³-hybridized carbons (Fsp3) is 0.182. The van der Waals surface area contributed by atoms with Crippen molar-refractivity contribution in [2.75, 3.05) is 0 Å². The molecule has 4 heteroatoms. The molecule has 0 saturated carbocycles. The average molecular weight is 365 g/mol. The van der Waals surface area contributed by atoms with E-state index >= 15 is 0 Å². The summed E-state index contributed by atoms with van der Waals surface area (Å²) >= 11 is 6.27. The third kappa shape index (κ3) is 4.12. The molecule has 0 aliphatic rings. The van der Waals surface area contributed by atoms with E-state index in [9.17, 15) is 4.79 Å². The van der Waals surface area contributed by atoms with Crippen molar-refractivity contribution in [1.82, 2.24) is 9.78 Å². The molecule has 3 nitrogen and oxygen atoms in total. The Kier molecular flexibility index (Phi) is 6.03. The molecule has 132 valence electrons. The first kappa shape index (κ1) is 18.2. The Hall–Kier alpha value is -2.65. The van der Waals surface area contributed by atoms with Crippen molar-refractivity contribution >= 4 is 11.6 Å². The van der Waals surface area contributed by atoms with Crippen molar-refractivity contribution < 1.29 is 0 Å². The van der Waals surface area contributed by atoms with E-state index in [2.05, 4.69) is 23.8 Å². The first-order valence-corrected chi connectivity index (χ1v) is 9.07. The van der Waals surface area contributed by atoms with Gasteiger partial charge in [0.15, 0.2) is 0 Å². The SMILES string of the molecule is C=CC(CCCc1ccccc1)n1ncc(Cl)c(-c2ccccc2)c1=O. The summed E-state index contributed by atoms with van der Waals surface area (Å²) in [5, 5.41) is 4.63. The Morgan fingerprint density at radius 2 is 1.73 bits per heavy atom. The van der Waals surface area contributed by atoms with Crippen molar-refractivity contribution in [2.45, 2.75) is 25.3 Å². The maximum Gasteiger partial charge on any atom is 0.276 e. The van der Waals surface area contributed by atoms with Crippen LogP contribution in [-0.4, -0.2) is 9.78 Å². The number of rotatable bonds is 7. The number of allylic oxidation sites excluding steroid dienone is 1. The van der Waals surface area contributed by atoms with E-state index in [1.54, 1.807) is 12.3 Å². The Morgan fingerprint density at radius 1 is 1.08 bits per heavy atom. The Morgan fingerprint density at radius 3 is 2.38 bits per heavy atom. The van der Waals surface area contributed by atoms with Crippen LogP contribution < -0.4 is 5.56 Å². The van der Waals surface area contributed by atoms with E-state index in [0.29, 0.717) is 10.6 Å². The van der Waals surface area contributed by atoms with Gasteiger partial charge >= 0.3 is 0 Å². The average Bonchev–Trinajstić information content (AvgIpc) is 2.68. The highest BCUT2D eigenvalue weighted by Gasteiger charge is 2.16. The summed E-state index contributed by atoms with van der Waals surface area (Å²) < 4.78 is 1.49. The van der Waals surface area contributed by atoms with E-state index in [0.717, 1.165) is 24.8 Å². The predicted octanol–water partition coefficient (Wildman–Crippen LogP) is 5.31. The van der Waals surface area contributed by atoms with Crippen molar-refractivity contribution in [1.29, 1.82) is 0 Å². The van der Waals surface area contributed by atoms with E-state index in [4.69, 9.17) is 11.6 Å². The second-order valence-electron chi connectivity index (χ2n) is 6.16. The molecule has 0 bridgehead atoms. The topological polar surface area (TPSA) is 34.9 Å². The minimum absolute atomic E-state index is 0.161. The largest absolute Gasteiger partial charge is 0.276 e. The summed E-state index contributed by atoms with van der Waals surface area (Å²) in [7, 11) is 0. The Balaban J connectivity index is 1.83. The highest BCUT2D eigenvalue weighted by Crippen LogP contribution is 2.24. The molecule has 0 aliphatic heterocycles. The van der Waals surface area contributed by atoms with Gasteiger partial charge in [0, 0.05) is 0 Å². The van der Waals surface area contributed by atoms with E-state index in [1.807, 2.05) is 48.5 Å². The number of hydrogen-bond donors (Lipinski definition) is 0. The van der Waals surface area contributed by atoms with Gasteiger partial charge in [0.25, 0.3) is 5.56 Å². The molecule has 0 saturated heterocycles. The van der Waals surface area contributed by atoms with Crippen LogP contribution in [0.25, 0.3) is 11.1 Å². The van der Waals surface area contributed by atoms with Gasteiger partial charge < -0.3 is 0 Å². The molecule has 2 aromatic carbocycles. The number of nitrogens with zero attached hydrogens (tertiary/aromatic N) is 2. The minimum Gasteiger partial charge on any atom is -0.267 e. The lowest BCUT2D eigenvalue weighted by atomic mass is 10.0. The maximum absolute atomic E-state index is 13.0. The van der Waals surface area contributed by atoms with Gasteiger partial charge in [-0.05, 0) is 30.4 Å². The number of benzene rings is 2. The van der Waals surface area contributed by atoms with Crippen molar-refractivity contribution in [3.05, 3.63) is 100 Å². The van der Waals surface area contributed by atoms with Gasteiger partial charge in [0.2, 0.25) is 0 Å². The number of hydrogen-bond acceptors (Lipinski definition) is 2. The van der Waals surface area contributed by atoms with Gasteiger partial charge in [-0.2, -0.15) is 5.10 Å². The highest BCUT2D eigenvalue weighted by atomic mass is 35.5. The van der Waals surface area contributed by atoms with Crippen LogP contribution in [0.3, 0.4) is 0 Å². The molecule has 0 aliphatic carbocycles. The normalized spacial score (nSPS) is 11.9. The number of halogens is 1. The lowest BCUT2D eigenvalue weighted by Gasteiger charge is -2.16. The van der Waals surface area contributed by atoms with Crippen LogP contribution in [0.5, 0.6) is 0 Å². The fourth-order valence-electron chi connectivity index (χ4n) is 3.05. The predicted molar refractivity (Wildman–Crippen MR) is 108 cm³/mol. The van der Waals surface area contributed by atoms with Gasteiger partial charge in [0.1, 0.15) is 0 Å². The molecule has 0 fully saturated rings. The maximum atomic E-state index is 13.0. The van der Waals surface area contributed by atoms with Crippen molar-refractivity contribution in [3.8, 4) is 11.1 Å². The first-order valence-electron chi connectivity index (χ1n) is 8.70. The van der Waals surface area contributed by atoms with E-state index in [-0.39, 0.29) is 11.6 Å². The third-order valence-corrected chi connectivity index (χ3v) is 4.70. The van der Waals surface area contributed by atoms with Gasteiger partial charge in [-0.3, -0.25) is 4.79 Å². The quantitative estimate of drug-likeness (QED) is 0.532. The number of aromatic nitrogens is 2. The Bertz CT molecular complexity index is 920. The smallest absolute Gasteiger partial charge is 0.267 e. The zero-order valence-corrected chi connectivity index (χ0v) is 15.3. The van der Waals surface area contributed by atoms with E-state index < -0.39 is 0 Å². The number of aryl methyl sites for hydroxylation is 1. The molecule has 3 rings (SSSR count). The lowest BCUT2D eigenvalue weighted by Crippen LogP contribution is -2.28. The molecule has 0 radical (unpaired) electrons. The summed E-state index contributed by atoms with van der Waals surface area (Å²) in [6.07, 6.45) is 6.01. The van der Waals surface area contributed by atoms with Gasteiger partial charge in [-0.25, -0.2) is 4.68 Å². The van der Waals surface area contributed by atoms with E-state index in [1.165, 1.54) is 10.2 Å². The summed E-state index contributed by atoms with van der Waals surface area (Å²) in [4.78, 5) is 13.0. The molecule has 0 amide bonds. The molecular formula is C22H21ClN2O. The second-order valence-corrected chi connectivity index (χ2v) is 6.57. The van der Waals surface area contributed by atoms with Crippen molar-refractivity contribution in [2.24, 2.45) is 0 Å². The molecule has 1 atom stereocenters. The summed E-state index contributed by atoms with van der Waals surface area (Å²) in [5.41, 5.74) is 2.38. The summed E-state index contributed by atoms with van der Waals surface area (Å²) in [6, 6.07) is 19.6. The zero-order valence-electron chi connectivity index (χ0n) is 14.5. The summed E-state index contributed by atoms with van der Waals surface area (Å²) in [5.74, 6) is 0. The standard InChI is InChI=1S/C22H21ClN2O/c1-2-19(15-9-12-17-10-5-3-6-11-17)25-22(26)21(20(23)16-24-25)18-13-7-4-8-14-18/h2-8,10-11,13-14,16,19H,1,9,12,15H2. The van der Waals surface area contributed by atoms with Crippen LogP contribution in [0, 0.1) is 0 Å². The molecule has 26 heavy (non-hydrogen) atoms. The van der Waals surface area contributed by atoms with Gasteiger partial charge in [-0.1, -0.05) is 78.3 Å². The van der Waals surface area contributed by atoms with Crippen LogP contribution in [0.1, 0.15) is 24.4 Å². The van der Waals surface area contributed by atoms with Crippen LogP contribution in [0.15, 0.2) is 84.3 Å². The summed E-state index contributed by atoms with van der Waals surface area (Å²) in [6.45, 7) is 3.90. The molecule has 3 aromatic rings. The first-order chi connectivity index (χ1) is 12.7. The van der Waals surface area contributed by atoms with Crippen LogP contribution in [0.4, 0.5) is 0 Å². The highest BCUT2D eigenvalue weighted by molar-refractivity contribution is 6.33. The Labute approximate surface area is 158 Å². The molecule has 1 aromatic heterocycles. The van der Waals surface area contributed by atoms with Gasteiger partial charge in [-0.15, -0.1) is 6.58 Å². The molecule has 0 N–H and O–H groups in total. The fourth-order valence-corrected chi connectivity index (χ4v) is 3.28.